The van der Waals surface area contributed by atoms with Gasteiger partial charge < -0.3 is 15.7 Å². The van der Waals surface area contributed by atoms with Gasteiger partial charge in [0.2, 0.25) is 0 Å². The van der Waals surface area contributed by atoms with Gasteiger partial charge in [0.25, 0.3) is 0 Å². The lowest BCUT2D eigenvalue weighted by atomic mass is 10.2. The number of aliphatic carboxylic acids is 1. The van der Waals surface area contributed by atoms with Crippen LogP contribution >= 0.6 is 0 Å². The number of rotatable bonds is 3. The first-order chi connectivity index (χ1) is 7.12. The van der Waals surface area contributed by atoms with Crippen molar-refractivity contribution in [3.63, 3.8) is 0 Å². The van der Waals surface area contributed by atoms with Crippen molar-refractivity contribution in [2.24, 2.45) is 0 Å². The number of carboxylic acid groups (broad SMARTS) is 1. The van der Waals surface area contributed by atoms with Crippen molar-refractivity contribution in [1.29, 1.82) is 0 Å². The van der Waals surface area contributed by atoms with Gasteiger partial charge in [-0.25, -0.2) is 9.59 Å². The summed E-state index contributed by atoms with van der Waals surface area (Å²) < 4.78 is 0. The van der Waals surface area contributed by atoms with Gasteiger partial charge in [-0.3, -0.25) is 0 Å². The Hall–Kier alpha value is -1.26. The molecule has 2 aliphatic carbocycles. The molecule has 84 valence electrons. The first-order valence-corrected chi connectivity index (χ1v) is 5.44. The number of carbonyl (C=O) groups is 2. The summed E-state index contributed by atoms with van der Waals surface area (Å²) >= 11 is 0. The fraction of sp³-hybridized carbons (Fsp3) is 0.800. The molecule has 2 amide bonds. The SMILES string of the molecule is O=C(NC1CCCC1)NC1(C(=O)O)CC1. The lowest BCUT2D eigenvalue weighted by molar-refractivity contribution is -0.140. The van der Waals surface area contributed by atoms with Crippen LogP contribution in [0.15, 0.2) is 0 Å². The van der Waals surface area contributed by atoms with Crippen LogP contribution < -0.4 is 10.6 Å². The second-order valence-corrected chi connectivity index (χ2v) is 4.47. The number of amides is 2. The second kappa shape index (κ2) is 3.72. The van der Waals surface area contributed by atoms with E-state index in [1.54, 1.807) is 0 Å². The molecule has 0 radical (unpaired) electrons. The van der Waals surface area contributed by atoms with E-state index in [1.165, 1.54) is 0 Å². The summed E-state index contributed by atoms with van der Waals surface area (Å²) in [6, 6.07) is -0.101. The van der Waals surface area contributed by atoms with Crippen molar-refractivity contribution in [2.75, 3.05) is 0 Å². The summed E-state index contributed by atoms with van der Waals surface area (Å²) in [4.78, 5) is 22.3. The average molecular weight is 212 g/mol. The van der Waals surface area contributed by atoms with Gasteiger partial charge in [-0.1, -0.05) is 12.8 Å². The summed E-state index contributed by atoms with van der Waals surface area (Å²) in [5, 5.41) is 14.2. The summed E-state index contributed by atoms with van der Waals surface area (Å²) in [5.74, 6) is -0.927. The van der Waals surface area contributed by atoms with Crippen molar-refractivity contribution in [3.05, 3.63) is 0 Å². The smallest absolute Gasteiger partial charge is 0.329 e. The number of hydrogen-bond acceptors (Lipinski definition) is 2. The number of nitrogens with one attached hydrogen (secondary N) is 2. The van der Waals surface area contributed by atoms with Gasteiger partial charge in [0.1, 0.15) is 5.54 Å². The minimum absolute atomic E-state index is 0.231. The Morgan fingerprint density at radius 3 is 2.27 bits per heavy atom. The molecule has 0 bridgehead atoms. The van der Waals surface area contributed by atoms with Crippen LogP contribution in [-0.4, -0.2) is 28.7 Å². The fourth-order valence-electron chi connectivity index (χ4n) is 2.03. The number of urea groups is 1. The molecule has 2 rings (SSSR count). The number of hydrogen-bond donors (Lipinski definition) is 3. The topological polar surface area (TPSA) is 78.4 Å². The standard InChI is InChI=1S/C10H16N2O3/c13-8(14)10(5-6-10)12-9(15)11-7-3-1-2-4-7/h7H,1-6H2,(H,13,14)(H2,11,12,15). The Bertz CT molecular complexity index is 280. The van der Waals surface area contributed by atoms with E-state index in [4.69, 9.17) is 5.11 Å². The summed E-state index contributed by atoms with van der Waals surface area (Å²) in [6.07, 6.45) is 5.39. The van der Waals surface area contributed by atoms with Gasteiger partial charge in [-0.15, -0.1) is 0 Å². The molecule has 0 aromatic carbocycles. The zero-order chi connectivity index (χ0) is 10.9. The summed E-state index contributed by atoms with van der Waals surface area (Å²) in [6.45, 7) is 0. The molecule has 2 fully saturated rings. The van der Waals surface area contributed by atoms with Crippen LogP contribution in [0.3, 0.4) is 0 Å². The molecule has 0 aromatic rings. The van der Waals surface area contributed by atoms with Crippen LogP contribution in [-0.2, 0) is 4.79 Å². The first kappa shape index (κ1) is 10.3. The molecule has 0 spiro atoms. The van der Waals surface area contributed by atoms with E-state index in [-0.39, 0.29) is 12.1 Å². The van der Waals surface area contributed by atoms with E-state index < -0.39 is 11.5 Å². The molecular formula is C10H16N2O3. The van der Waals surface area contributed by atoms with Crippen LogP contribution in [0.1, 0.15) is 38.5 Å². The maximum atomic E-state index is 11.5. The third-order valence-corrected chi connectivity index (χ3v) is 3.20. The van der Waals surface area contributed by atoms with Gasteiger partial charge in [-0.05, 0) is 25.7 Å². The highest BCUT2D eigenvalue weighted by molar-refractivity contribution is 5.88. The molecule has 2 saturated carbocycles. The highest BCUT2D eigenvalue weighted by atomic mass is 16.4. The van der Waals surface area contributed by atoms with Crippen molar-refractivity contribution >= 4 is 12.0 Å². The fourth-order valence-corrected chi connectivity index (χ4v) is 2.03. The van der Waals surface area contributed by atoms with Crippen molar-refractivity contribution in [3.8, 4) is 0 Å². The average Bonchev–Trinajstić information content (AvgIpc) is 2.75. The molecule has 0 aromatic heterocycles. The molecule has 2 aliphatic rings. The highest BCUT2D eigenvalue weighted by Crippen LogP contribution is 2.35. The minimum Gasteiger partial charge on any atom is -0.480 e. The first-order valence-electron chi connectivity index (χ1n) is 5.44. The Morgan fingerprint density at radius 2 is 1.80 bits per heavy atom. The van der Waals surface area contributed by atoms with Gasteiger partial charge >= 0.3 is 12.0 Å². The maximum Gasteiger partial charge on any atom is 0.329 e. The molecule has 15 heavy (non-hydrogen) atoms. The Labute approximate surface area is 88.2 Å². The van der Waals surface area contributed by atoms with Crippen molar-refractivity contribution in [1.82, 2.24) is 10.6 Å². The van der Waals surface area contributed by atoms with Crippen molar-refractivity contribution in [2.45, 2.75) is 50.1 Å². The zero-order valence-electron chi connectivity index (χ0n) is 8.58. The highest BCUT2D eigenvalue weighted by Gasteiger charge is 2.51. The Balaban J connectivity index is 1.79. The third-order valence-electron chi connectivity index (χ3n) is 3.20. The zero-order valence-corrected chi connectivity index (χ0v) is 8.58. The molecule has 0 aliphatic heterocycles. The van der Waals surface area contributed by atoms with Crippen molar-refractivity contribution < 1.29 is 14.7 Å². The molecule has 5 heteroatoms. The summed E-state index contributed by atoms with van der Waals surface area (Å²) in [7, 11) is 0. The molecule has 3 N–H and O–H groups in total. The monoisotopic (exact) mass is 212 g/mol. The quantitative estimate of drug-likeness (QED) is 0.648. The van der Waals surface area contributed by atoms with Crippen LogP contribution in [0.25, 0.3) is 0 Å². The van der Waals surface area contributed by atoms with Gasteiger partial charge in [0, 0.05) is 6.04 Å². The third kappa shape index (κ3) is 2.22. The van der Waals surface area contributed by atoms with Crippen LogP contribution in [0.5, 0.6) is 0 Å². The minimum atomic E-state index is -0.970. The largest absolute Gasteiger partial charge is 0.480 e. The van der Waals surface area contributed by atoms with Crippen LogP contribution in [0.4, 0.5) is 4.79 Å². The Kier molecular flexibility index (Phi) is 2.54. The molecule has 0 unspecified atom stereocenters. The number of carboxylic acids is 1. The lowest BCUT2D eigenvalue weighted by Gasteiger charge is -2.16. The predicted octanol–water partition coefficient (Wildman–Crippen LogP) is 0.845. The molecule has 0 atom stereocenters. The maximum absolute atomic E-state index is 11.5. The molecule has 5 nitrogen and oxygen atoms in total. The van der Waals surface area contributed by atoms with Gasteiger partial charge in [-0.2, -0.15) is 0 Å². The van der Waals surface area contributed by atoms with E-state index in [0.717, 1.165) is 25.7 Å². The van der Waals surface area contributed by atoms with E-state index in [2.05, 4.69) is 10.6 Å². The second-order valence-electron chi connectivity index (χ2n) is 4.47. The normalized spacial score (nSPS) is 23.5. The van der Waals surface area contributed by atoms with E-state index in [0.29, 0.717) is 12.8 Å². The van der Waals surface area contributed by atoms with E-state index in [9.17, 15) is 9.59 Å². The van der Waals surface area contributed by atoms with E-state index >= 15 is 0 Å². The molecule has 0 heterocycles. The lowest BCUT2D eigenvalue weighted by Crippen LogP contribution is -2.50. The Morgan fingerprint density at radius 1 is 1.20 bits per heavy atom. The van der Waals surface area contributed by atoms with Crippen LogP contribution in [0.2, 0.25) is 0 Å². The van der Waals surface area contributed by atoms with E-state index in [1.807, 2.05) is 0 Å². The molecular weight excluding hydrogens is 196 g/mol. The van der Waals surface area contributed by atoms with Gasteiger partial charge in [0.05, 0.1) is 0 Å². The van der Waals surface area contributed by atoms with Crippen LogP contribution in [0, 0.1) is 0 Å². The molecule has 0 saturated heterocycles. The summed E-state index contributed by atoms with van der Waals surface area (Å²) in [5.41, 5.74) is -0.970. The number of carbonyl (C=O) groups excluding carboxylic acids is 1. The van der Waals surface area contributed by atoms with Gasteiger partial charge in [0.15, 0.2) is 0 Å². The predicted molar refractivity (Wildman–Crippen MR) is 53.5 cm³/mol.